The van der Waals surface area contributed by atoms with Crippen molar-refractivity contribution in [3.05, 3.63) is 54.1 Å². The number of fused-ring (bicyclic) bond motifs is 1. The molecule has 35 heavy (non-hydrogen) atoms. The van der Waals surface area contributed by atoms with E-state index in [0.29, 0.717) is 26.1 Å². The predicted molar refractivity (Wildman–Crippen MR) is 134 cm³/mol. The summed E-state index contributed by atoms with van der Waals surface area (Å²) in [6, 6.07) is 8.17. The van der Waals surface area contributed by atoms with E-state index in [0.717, 1.165) is 63.1 Å². The van der Waals surface area contributed by atoms with Crippen molar-refractivity contribution < 1.29 is 14.3 Å². The van der Waals surface area contributed by atoms with Gasteiger partial charge in [-0.3, -0.25) is 24.5 Å². The molecule has 2 aliphatic rings. The third-order valence-corrected chi connectivity index (χ3v) is 7.17. The summed E-state index contributed by atoms with van der Waals surface area (Å²) in [6.07, 6.45) is 11.1. The first-order chi connectivity index (χ1) is 17.0. The molecule has 0 radical (unpaired) electrons. The number of rotatable bonds is 5. The van der Waals surface area contributed by atoms with Crippen LogP contribution >= 0.6 is 0 Å². The second-order valence-electron chi connectivity index (χ2n) is 9.85. The van der Waals surface area contributed by atoms with E-state index in [-0.39, 0.29) is 23.3 Å². The van der Waals surface area contributed by atoms with Crippen LogP contribution in [0.5, 0.6) is 5.75 Å². The molecule has 8 nitrogen and oxygen atoms in total. The number of ether oxygens (including phenoxy) is 1. The first kappa shape index (κ1) is 25.1. The number of hydrogen-bond acceptors (Lipinski definition) is 6. The molecule has 2 N–H and O–H groups in total. The Morgan fingerprint density at radius 2 is 2.03 bits per heavy atom. The smallest absolute Gasteiger partial charge is 0.234 e. The molecule has 1 saturated heterocycles. The average molecular weight is 480 g/mol. The van der Waals surface area contributed by atoms with Gasteiger partial charge in [0.15, 0.2) is 0 Å². The lowest BCUT2D eigenvalue weighted by Gasteiger charge is -2.41. The molecular weight excluding hydrogens is 442 g/mol. The van der Waals surface area contributed by atoms with Crippen LogP contribution in [0.2, 0.25) is 0 Å². The van der Waals surface area contributed by atoms with Crippen molar-refractivity contribution >= 4 is 11.8 Å². The summed E-state index contributed by atoms with van der Waals surface area (Å²) in [5.74, 6) is 1.07. The zero-order chi connectivity index (χ0) is 24.5. The van der Waals surface area contributed by atoms with Crippen molar-refractivity contribution in [2.45, 2.75) is 57.9 Å². The van der Waals surface area contributed by atoms with E-state index in [2.05, 4.69) is 37.6 Å². The Kier molecular flexibility index (Phi) is 8.69. The number of carbonyl (C=O) groups excluding carboxylic acids is 2. The van der Waals surface area contributed by atoms with Crippen LogP contribution in [0, 0.1) is 5.41 Å². The van der Waals surface area contributed by atoms with Crippen molar-refractivity contribution in [3.63, 3.8) is 0 Å². The van der Waals surface area contributed by atoms with Crippen molar-refractivity contribution in [1.82, 2.24) is 25.5 Å². The van der Waals surface area contributed by atoms with Crippen LogP contribution in [-0.4, -0.2) is 65.5 Å². The quantitative estimate of drug-likeness (QED) is 0.684. The fraction of sp³-hybridized carbons (Fsp3) is 0.556. The van der Waals surface area contributed by atoms with Gasteiger partial charge in [-0.05, 0) is 63.7 Å². The molecule has 2 amide bonds. The van der Waals surface area contributed by atoms with Crippen molar-refractivity contribution in [3.8, 4) is 5.75 Å². The minimum Gasteiger partial charge on any atom is -0.491 e. The molecule has 1 spiro atoms. The molecule has 1 aromatic heterocycles. The highest BCUT2D eigenvalue weighted by Crippen LogP contribution is 2.37. The van der Waals surface area contributed by atoms with Gasteiger partial charge in [0.1, 0.15) is 12.4 Å². The monoisotopic (exact) mass is 479 g/mol. The number of para-hydroxylation sites is 1. The molecular formula is C27H37N5O3. The molecule has 1 atom stereocenters. The standard InChI is InChI=1S/C27H37N5O3/c1-21(18-23-19-28-12-13-29-23)31-25(33)20-32-15-10-27(11-16-32)9-5-4-7-22-6-2-3-8-24(22)35-17-14-30-26(27)34/h2-3,6,8,12-13,19,21H,4-5,7,9-11,14-18,20H2,1H3,(H,30,34)(H,31,33). The highest BCUT2D eigenvalue weighted by molar-refractivity contribution is 5.83. The van der Waals surface area contributed by atoms with Crippen molar-refractivity contribution in [2.75, 3.05) is 32.8 Å². The molecule has 8 heteroatoms. The molecule has 1 unspecified atom stereocenters. The lowest BCUT2D eigenvalue weighted by Crippen LogP contribution is -2.51. The number of carbonyl (C=O) groups is 2. The minimum absolute atomic E-state index is 0.0105. The Morgan fingerprint density at radius 1 is 1.20 bits per heavy atom. The van der Waals surface area contributed by atoms with Crippen LogP contribution < -0.4 is 15.4 Å². The molecule has 3 heterocycles. The van der Waals surface area contributed by atoms with E-state index in [1.807, 2.05) is 19.1 Å². The number of benzene rings is 1. The molecule has 0 bridgehead atoms. The van der Waals surface area contributed by atoms with E-state index >= 15 is 0 Å². The summed E-state index contributed by atoms with van der Waals surface area (Å²) in [7, 11) is 0. The van der Waals surface area contributed by atoms with Gasteiger partial charge in [0, 0.05) is 31.1 Å². The second-order valence-corrected chi connectivity index (χ2v) is 9.85. The minimum atomic E-state index is -0.356. The van der Waals surface area contributed by atoms with Crippen LogP contribution in [0.1, 0.15) is 50.3 Å². The van der Waals surface area contributed by atoms with Gasteiger partial charge in [-0.2, -0.15) is 0 Å². The molecule has 1 aromatic carbocycles. The van der Waals surface area contributed by atoms with E-state index in [1.165, 1.54) is 5.56 Å². The van der Waals surface area contributed by atoms with Gasteiger partial charge in [0.25, 0.3) is 0 Å². The van der Waals surface area contributed by atoms with Gasteiger partial charge >= 0.3 is 0 Å². The van der Waals surface area contributed by atoms with Gasteiger partial charge in [0.05, 0.1) is 24.2 Å². The zero-order valence-electron chi connectivity index (χ0n) is 20.7. The van der Waals surface area contributed by atoms with Crippen LogP contribution in [-0.2, 0) is 22.4 Å². The summed E-state index contributed by atoms with van der Waals surface area (Å²) >= 11 is 0. The summed E-state index contributed by atoms with van der Waals surface area (Å²) in [6.45, 7) is 4.81. The Balaban J connectivity index is 1.27. The van der Waals surface area contributed by atoms with Gasteiger partial charge < -0.3 is 15.4 Å². The van der Waals surface area contributed by atoms with Crippen molar-refractivity contribution in [1.29, 1.82) is 0 Å². The predicted octanol–water partition coefficient (Wildman–Crippen LogP) is 2.53. The maximum Gasteiger partial charge on any atom is 0.234 e. The Morgan fingerprint density at radius 3 is 2.83 bits per heavy atom. The van der Waals surface area contributed by atoms with E-state index < -0.39 is 0 Å². The molecule has 2 aliphatic heterocycles. The van der Waals surface area contributed by atoms with Crippen LogP contribution in [0.3, 0.4) is 0 Å². The van der Waals surface area contributed by atoms with Gasteiger partial charge in [-0.15, -0.1) is 0 Å². The maximum atomic E-state index is 13.2. The third kappa shape index (κ3) is 7.01. The highest BCUT2D eigenvalue weighted by atomic mass is 16.5. The van der Waals surface area contributed by atoms with Crippen LogP contribution in [0.4, 0.5) is 0 Å². The fourth-order valence-electron chi connectivity index (χ4n) is 5.20. The van der Waals surface area contributed by atoms with E-state index in [4.69, 9.17) is 4.74 Å². The Bertz CT molecular complexity index is 976. The topological polar surface area (TPSA) is 96.5 Å². The van der Waals surface area contributed by atoms with Gasteiger partial charge in [-0.1, -0.05) is 24.6 Å². The second kappa shape index (κ2) is 12.1. The first-order valence-electron chi connectivity index (χ1n) is 12.8. The van der Waals surface area contributed by atoms with Crippen LogP contribution in [0.15, 0.2) is 42.9 Å². The number of nitrogens with one attached hydrogen (secondary N) is 2. The molecule has 1 fully saturated rings. The molecule has 2 aromatic rings. The number of hydrogen-bond donors (Lipinski definition) is 2. The number of amides is 2. The number of piperidine rings is 1. The normalized spacial score (nSPS) is 19.9. The summed E-state index contributed by atoms with van der Waals surface area (Å²) in [5, 5.41) is 6.19. The number of nitrogens with zero attached hydrogens (tertiary/aromatic N) is 3. The Labute approximate surface area is 207 Å². The zero-order valence-corrected chi connectivity index (χ0v) is 20.7. The molecule has 188 valence electrons. The number of aromatic nitrogens is 2. The molecule has 4 rings (SSSR count). The SMILES string of the molecule is CC(Cc1cnccn1)NC(=O)CN1CCC2(CCCCc3ccccc3OCCNC2=O)CC1. The van der Waals surface area contributed by atoms with Gasteiger partial charge in [-0.25, -0.2) is 0 Å². The van der Waals surface area contributed by atoms with E-state index in [9.17, 15) is 9.59 Å². The first-order valence-corrected chi connectivity index (χ1v) is 12.8. The summed E-state index contributed by atoms with van der Waals surface area (Å²) < 4.78 is 5.94. The lowest BCUT2D eigenvalue weighted by molar-refractivity contribution is -0.135. The molecule has 0 saturated carbocycles. The lowest BCUT2D eigenvalue weighted by atomic mass is 9.73. The highest BCUT2D eigenvalue weighted by Gasteiger charge is 2.41. The molecule has 0 aliphatic carbocycles. The largest absolute Gasteiger partial charge is 0.491 e. The van der Waals surface area contributed by atoms with Gasteiger partial charge in [0.2, 0.25) is 11.8 Å². The van der Waals surface area contributed by atoms with E-state index in [1.54, 1.807) is 18.6 Å². The maximum absolute atomic E-state index is 13.2. The van der Waals surface area contributed by atoms with Crippen molar-refractivity contribution in [2.24, 2.45) is 5.41 Å². The third-order valence-electron chi connectivity index (χ3n) is 7.17. The van der Waals surface area contributed by atoms with Crippen LogP contribution in [0.25, 0.3) is 0 Å². The number of aryl methyl sites for hydroxylation is 1. The Hall–Kier alpha value is -3.00. The summed E-state index contributed by atoms with van der Waals surface area (Å²) in [4.78, 5) is 36.4. The number of likely N-dealkylation sites (tertiary alicyclic amines) is 1. The fourth-order valence-corrected chi connectivity index (χ4v) is 5.20. The summed E-state index contributed by atoms with van der Waals surface area (Å²) in [5.41, 5.74) is 1.75. The average Bonchev–Trinajstić information content (AvgIpc) is 2.86.